The van der Waals surface area contributed by atoms with Crippen LogP contribution in [0.25, 0.3) is 11.1 Å². The van der Waals surface area contributed by atoms with Gasteiger partial charge in [-0.3, -0.25) is 19.6 Å². The Labute approximate surface area is 188 Å². The summed E-state index contributed by atoms with van der Waals surface area (Å²) in [6, 6.07) is 17.5. The number of carbonyl (C=O) groups is 2. The molecule has 164 valence electrons. The van der Waals surface area contributed by atoms with Gasteiger partial charge in [0.1, 0.15) is 5.69 Å². The maximum Gasteiger partial charge on any atom is 0.272 e. The molecular weight excluding hydrogens is 400 g/mol. The molecule has 1 atom stereocenters. The molecule has 3 aromatic rings. The Kier molecular flexibility index (Phi) is 6.30. The van der Waals surface area contributed by atoms with Gasteiger partial charge in [0.25, 0.3) is 5.91 Å². The van der Waals surface area contributed by atoms with Gasteiger partial charge in [-0.2, -0.15) is 0 Å². The molecule has 0 aliphatic carbocycles. The van der Waals surface area contributed by atoms with E-state index in [0.717, 1.165) is 16.7 Å². The zero-order chi connectivity index (χ0) is 22.6. The summed E-state index contributed by atoms with van der Waals surface area (Å²) >= 11 is 0. The number of likely N-dealkylation sites (tertiary alicyclic amines) is 1. The molecule has 2 aromatic heterocycles. The van der Waals surface area contributed by atoms with E-state index in [1.807, 2.05) is 32.2 Å². The molecule has 2 amide bonds. The summed E-state index contributed by atoms with van der Waals surface area (Å²) in [5.74, 6) is -0.128. The molecule has 0 radical (unpaired) electrons. The minimum absolute atomic E-state index is 0.000145. The number of nitrogens with one attached hydrogen (secondary N) is 1. The first-order valence-corrected chi connectivity index (χ1v) is 11.0. The zero-order valence-corrected chi connectivity index (χ0v) is 18.5. The van der Waals surface area contributed by atoms with E-state index in [0.29, 0.717) is 31.6 Å². The minimum atomic E-state index is -0.662. The Morgan fingerprint density at radius 1 is 1.03 bits per heavy atom. The molecule has 0 bridgehead atoms. The normalized spacial score (nSPS) is 18.0. The number of nitrogens with zero attached hydrogens (tertiary/aromatic N) is 3. The largest absolute Gasteiger partial charge is 0.353 e. The number of hydrogen-bond donors (Lipinski definition) is 1. The van der Waals surface area contributed by atoms with Crippen molar-refractivity contribution < 1.29 is 9.59 Å². The first-order valence-electron chi connectivity index (χ1n) is 11.0. The van der Waals surface area contributed by atoms with E-state index < -0.39 is 5.41 Å². The van der Waals surface area contributed by atoms with Crippen LogP contribution in [0.4, 0.5) is 0 Å². The smallest absolute Gasteiger partial charge is 0.272 e. The lowest BCUT2D eigenvalue weighted by molar-refractivity contribution is -0.130. The Hall–Kier alpha value is -3.54. The van der Waals surface area contributed by atoms with Crippen molar-refractivity contribution in [2.24, 2.45) is 5.41 Å². The fourth-order valence-electron chi connectivity index (χ4n) is 4.26. The van der Waals surface area contributed by atoms with Crippen LogP contribution < -0.4 is 5.32 Å². The maximum atomic E-state index is 13.3. The van der Waals surface area contributed by atoms with Crippen molar-refractivity contribution in [2.45, 2.75) is 32.7 Å². The van der Waals surface area contributed by atoms with E-state index >= 15 is 0 Å². The molecule has 3 heterocycles. The van der Waals surface area contributed by atoms with Crippen LogP contribution in [-0.4, -0.2) is 45.8 Å². The van der Waals surface area contributed by atoms with Crippen LogP contribution in [0, 0.1) is 5.41 Å². The van der Waals surface area contributed by atoms with Crippen molar-refractivity contribution in [2.75, 3.05) is 13.1 Å². The third-order valence-electron chi connectivity index (χ3n) is 5.92. The van der Waals surface area contributed by atoms with Gasteiger partial charge < -0.3 is 10.2 Å². The molecule has 1 saturated heterocycles. The average Bonchev–Trinajstić information content (AvgIpc) is 3.25. The predicted molar refractivity (Wildman–Crippen MR) is 124 cm³/mol. The first kappa shape index (κ1) is 21.7. The molecular formula is C26H28N4O2. The van der Waals surface area contributed by atoms with E-state index in [1.54, 1.807) is 35.5 Å². The summed E-state index contributed by atoms with van der Waals surface area (Å²) < 4.78 is 0. The summed E-state index contributed by atoms with van der Waals surface area (Å²) in [5.41, 5.74) is 2.96. The highest BCUT2D eigenvalue weighted by Crippen LogP contribution is 2.36. The number of carbonyl (C=O) groups excluding carboxylic acids is 2. The van der Waals surface area contributed by atoms with Gasteiger partial charge in [-0.15, -0.1) is 0 Å². The number of rotatable bonds is 6. The first-order chi connectivity index (χ1) is 15.5. The lowest BCUT2D eigenvalue weighted by Crippen LogP contribution is -2.47. The molecule has 0 spiro atoms. The number of hydrogen-bond acceptors (Lipinski definition) is 4. The second-order valence-electron chi connectivity index (χ2n) is 8.72. The highest BCUT2D eigenvalue weighted by atomic mass is 16.2. The number of pyridine rings is 2. The summed E-state index contributed by atoms with van der Waals surface area (Å²) in [5, 5.41) is 3.08. The molecule has 0 saturated carbocycles. The van der Waals surface area contributed by atoms with Gasteiger partial charge >= 0.3 is 0 Å². The summed E-state index contributed by atoms with van der Waals surface area (Å²) in [7, 11) is 0. The van der Waals surface area contributed by atoms with Crippen molar-refractivity contribution in [3.63, 3.8) is 0 Å². The van der Waals surface area contributed by atoms with Crippen LogP contribution in [0.15, 0.2) is 73.2 Å². The molecule has 1 unspecified atom stereocenters. The molecule has 6 heteroatoms. The Morgan fingerprint density at radius 2 is 1.84 bits per heavy atom. The van der Waals surface area contributed by atoms with Crippen molar-refractivity contribution >= 4 is 11.8 Å². The molecule has 6 nitrogen and oxygen atoms in total. The van der Waals surface area contributed by atoms with Crippen LogP contribution in [0.1, 0.15) is 36.3 Å². The topological polar surface area (TPSA) is 75.2 Å². The van der Waals surface area contributed by atoms with Gasteiger partial charge in [0, 0.05) is 37.7 Å². The lowest BCUT2D eigenvalue weighted by Gasteiger charge is -2.29. The maximum absolute atomic E-state index is 13.3. The molecule has 1 aliphatic heterocycles. The third kappa shape index (κ3) is 4.69. The highest BCUT2D eigenvalue weighted by molar-refractivity contribution is 5.93. The van der Waals surface area contributed by atoms with Gasteiger partial charge in [-0.25, -0.2) is 0 Å². The Bertz CT molecular complexity index is 1070. The fraction of sp³-hybridized carbons (Fsp3) is 0.308. The van der Waals surface area contributed by atoms with E-state index in [4.69, 9.17) is 0 Å². The van der Waals surface area contributed by atoms with Crippen LogP contribution in [0.2, 0.25) is 0 Å². The lowest BCUT2D eigenvalue weighted by atomic mass is 9.79. The van der Waals surface area contributed by atoms with Crippen LogP contribution >= 0.6 is 0 Å². The molecule has 1 fully saturated rings. The summed E-state index contributed by atoms with van der Waals surface area (Å²) in [6.45, 7) is 4.83. The van der Waals surface area contributed by atoms with Crippen molar-refractivity contribution in [3.8, 4) is 11.1 Å². The van der Waals surface area contributed by atoms with Gasteiger partial charge in [-0.05, 0) is 61.6 Å². The van der Waals surface area contributed by atoms with Crippen molar-refractivity contribution in [3.05, 3.63) is 84.4 Å². The number of aromatic nitrogens is 2. The van der Waals surface area contributed by atoms with E-state index in [9.17, 15) is 9.59 Å². The van der Waals surface area contributed by atoms with E-state index in [1.165, 1.54) is 0 Å². The number of amides is 2. The summed E-state index contributed by atoms with van der Waals surface area (Å²) in [6.07, 6.45) is 6.41. The Morgan fingerprint density at radius 3 is 2.50 bits per heavy atom. The van der Waals surface area contributed by atoms with E-state index in [-0.39, 0.29) is 17.9 Å². The quantitative estimate of drug-likeness (QED) is 0.649. The van der Waals surface area contributed by atoms with E-state index in [2.05, 4.69) is 39.6 Å². The summed E-state index contributed by atoms with van der Waals surface area (Å²) in [4.78, 5) is 36.4. The van der Waals surface area contributed by atoms with Gasteiger partial charge in [0.15, 0.2) is 0 Å². The molecule has 4 rings (SSSR count). The monoisotopic (exact) mass is 428 g/mol. The van der Waals surface area contributed by atoms with Crippen LogP contribution in [-0.2, 0) is 11.2 Å². The predicted octanol–water partition coefficient (Wildman–Crippen LogP) is 3.74. The van der Waals surface area contributed by atoms with Gasteiger partial charge in [0.05, 0.1) is 5.41 Å². The molecule has 1 aromatic carbocycles. The van der Waals surface area contributed by atoms with Crippen molar-refractivity contribution in [1.82, 2.24) is 20.2 Å². The highest BCUT2D eigenvalue weighted by Gasteiger charge is 2.46. The minimum Gasteiger partial charge on any atom is -0.353 e. The van der Waals surface area contributed by atoms with Crippen LogP contribution in [0.3, 0.4) is 0 Å². The zero-order valence-electron chi connectivity index (χ0n) is 18.5. The van der Waals surface area contributed by atoms with Crippen molar-refractivity contribution in [1.29, 1.82) is 0 Å². The van der Waals surface area contributed by atoms with Gasteiger partial charge in [-0.1, -0.05) is 36.4 Å². The van der Waals surface area contributed by atoms with Crippen LogP contribution in [0.5, 0.6) is 0 Å². The Balaban J connectivity index is 1.56. The standard InChI is InChI=1S/C26H28N4O2/c1-19(2)29-25(32)26(12-15-30(18-26)24(31)23-7-3-4-14-28-23)16-20-8-10-21(11-9-20)22-6-5-13-27-17-22/h3-11,13-14,17,19H,12,15-16,18H2,1-2H3,(H,29,32). The molecule has 1 aliphatic rings. The fourth-order valence-corrected chi connectivity index (χ4v) is 4.26. The average molecular weight is 429 g/mol. The molecule has 1 N–H and O–H groups in total. The van der Waals surface area contributed by atoms with Gasteiger partial charge in [0.2, 0.25) is 5.91 Å². The number of benzene rings is 1. The second-order valence-corrected chi connectivity index (χ2v) is 8.72. The second kappa shape index (κ2) is 9.30. The molecule has 32 heavy (non-hydrogen) atoms. The SMILES string of the molecule is CC(C)NC(=O)C1(Cc2ccc(-c3cccnc3)cc2)CCN(C(=O)c2ccccn2)C1. The third-order valence-corrected chi connectivity index (χ3v) is 5.92.